The Balaban J connectivity index is 4.38. The van der Waals surface area contributed by atoms with Crippen molar-refractivity contribution < 1.29 is 30.0 Å². The molecule has 0 fully saturated rings. The van der Waals surface area contributed by atoms with Gasteiger partial charge in [0.15, 0.2) is 0 Å². The Morgan fingerprint density at radius 3 is 2.27 bits per heavy atom. The molecule has 6 nitrogen and oxygen atoms in total. The van der Waals surface area contributed by atoms with E-state index in [2.05, 4.69) is 0 Å². The van der Waals surface area contributed by atoms with E-state index in [0.717, 1.165) is 11.8 Å². The van der Waals surface area contributed by atoms with Gasteiger partial charge in [-0.1, -0.05) is 0 Å². The second-order valence-electron chi connectivity index (χ2n) is 3.25. The summed E-state index contributed by atoms with van der Waals surface area (Å²) in [7, 11) is 0. The van der Waals surface area contributed by atoms with Crippen LogP contribution in [-0.4, -0.2) is 55.6 Å². The summed E-state index contributed by atoms with van der Waals surface area (Å²) < 4.78 is -1.48. The van der Waals surface area contributed by atoms with E-state index in [1.807, 2.05) is 0 Å². The normalized spacial score (nSPS) is 16.7. The summed E-state index contributed by atoms with van der Waals surface area (Å²) in [5, 5.41) is 34.9. The van der Waals surface area contributed by atoms with E-state index >= 15 is 0 Å². The lowest BCUT2D eigenvalue weighted by molar-refractivity contribution is -0.145. The van der Waals surface area contributed by atoms with Crippen molar-refractivity contribution in [3.8, 4) is 0 Å². The van der Waals surface area contributed by atoms with E-state index in [0.29, 0.717) is 0 Å². The highest BCUT2D eigenvalue weighted by Crippen LogP contribution is 2.29. The third-order valence-electron chi connectivity index (χ3n) is 1.75. The minimum Gasteiger partial charge on any atom is -0.481 e. The topological polar surface area (TPSA) is 115 Å². The molecule has 88 valence electrons. The first-order chi connectivity index (χ1) is 6.81. The summed E-state index contributed by atoms with van der Waals surface area (Å²) in [6.07, 6.45) is -1.58. The van der Waals surface area contributed by atoms with E-state index in [4.69, 9.17) is 20.4 Å². The minimum absolute atomic E-state index is 0.0212. The average molecular weight is 238 g/mol. The van der Waals surface area contributed by atoms with Gasteiger partial charge in [-0.05, 0) is 6.92 Å². The van der Waals surface area contributed by atoms with Crippen LogP contribution in [0.15, 0.2) is 0 Å². The number of thioether (sulfide) groups is 1. The van der Waals surface area contributed by atoms with Gasteiger partial charge in [0.25, 0.3) is 0 Å². The summed E-state index contributed by atoms with van der Waals surface area (Å²) in [5.41, 5.74) is 0. The maximum atomic E-state index is 10.8. The van der Waals surface area contributed by atoms with Crippen molar-refractivity contribution >= 4 is 23.7 Å². The average Bonchev–Trinajstić information content (AvgIpc) is 2.12. The zero-order chi connectivity index (χ0) is 12.1. The van der Waals surface area contributed by atoms with Crippen LogP contribution in [0.5, 0.6) is 0 Å². The maximum Gasteiger partial charge on any atom is 0.320 e. The van der Waals surface area contributed by atoms with E-state index in [1.54, 1.807) is 0 Å². The predicted molar refractivity (Wildman–Crippen MR) is 53.8 cm³/mol. The number of carboxylic acid groups (broad SMARTS) is 2. The second-order valence-corrected chi connectivity index (χ2v) is 4.78. The molecule has 0 radical (unpaired) electrons. The molecule has 15 heavy (non-hydrogen) atoms. The van der Waals surface area contributed by atoms with Gasteiger partial charge in [0.05, 0.1) is 19.1 Å². The molecule has 7 heteroatoms. The molecule has 4 N–H and O–H groups in total. The SMILES string of the molecule is CC(CC(=O)O)(SCC(O)CO)C(=O)O. The third kappa shape index (κ3) is 5.01. The fourth-order valence-electron chi connectivity index (χ4n) is 0.810. The number of aliphatic hydroxyl groups is 2. The van der Waals surface area contributed by atoms with Gasteiger partial charge in [0.2, 0.25) is 0 Å². The summed E-state index contributed by atoms with van der Waals surface area (Å²) in [6, 6.07) is 0. The first kappa shape index (κ1) is 14.2. The van der Waals surface area contributed by atoms with E-state index in [9.17, 15) is 9.59 Å². The quantitative estimate of drug-likeness (QED) is 0.467. The Morgan fingerprint density at radius 2 is 1.93 bits per heavy atom. The van der Waals surface area contributed by atoms with Gasteiger partial charge in [0, 0.05) is 5.75 Å². The summed E-state index contributed by atoms with van der Waals surface area (Å²) in [6.45, 7) is 0.800. The lowest BCUT2D eigenvalue weighted by atomic mass is 10.1. The molecule has 0 saturated carbocycles. The second kappa shape index (κ2) is 5.94. The van der Waals surface area contributed by atoms with Crippen LogP contribution >= 0.6 is 11.8 Å². The van der Waals surface area contributed by atoms with E-state index < -0.39 is 35.8 Å². The van der Waals surface area contributed by atoms with Crippen LogP contribution in [0.2, 0.25) is 0 Å². The number of rotatable bonds is 7. The molecule has 0 aliphatic carbocycles. The standard InChI is InChI=1S/C8H14O6S/c1-8(7(13)14,2-6(11)12)15-4-5(10)3-9/h5,9-10H,2-4H2,1H3,(H,11,12)(H,13,14). The number of hydrogen-bond donors (Lipinski definition) is 4. The van der Waals surface area contributed by atoms with Crippen LogP contribution in [0.4, 0.5) is 0 Å². The first-order valence-corrected chi connectivity index (χ1v) is 5.18. The molecule has 0 saturated heterocycles. The van der Waals surface area contributed by atoms with Crippen LogP contribution in [0.1, 0.15) is 13.3 Å². The molecule has 0 rings (SSSR count). The van der Waals surface area contributed by atoms with Gasteiger partial charge < -0.3 is 20.4 Å². The Labute approximate surface area is 90.9 Å². The van der Waals surface area contributed by atoms with Crippen molar-refractivity contribution in [1.82, 2.24) is 0 Å². The Kier molecular flexibility index (Phi) is 5.63. The highest BCUT2D eigenvalue weighted by molar-refractivity contribution is 8.01. The van der Waals surface area contributed by atoms with Crippen molar-refractivity contribution in [2.75, 3.05) is 12.4 Å². The lowest BCUT2D eigenvalue weighted by Gasteiger charge is -2.23. The molecule has 0 bridgehead atoms. The molecule has 0 aromatic heterocycles. The first-order valence-electron chi connectivity index (χ1n) is 4.20. The van der Waals surface area contributed by atoms with Gasteiger partial charge >= 0.3 is 11.9 Å². The molecule has 0 aromatic carbocycles. The molecule has 0 aliphatic heterocycles. The van der Waals surface area contributed by atoms with Gasteiger partial charge in [-0.3, -0.25) is 9.59 Å². The van der Waals surface area contributed by atoms with Crippen molar-refractivity contribution in [3.63, 3.8) is 0 Å². The molecule has 0 aromatic rings. The fourth-order valence-corrected chi connectivity index (χ4v) is 1.82. The highest BCUT2D eigenvalue weighted by Gasteiger charge is 2.36. The Hall–Kier alpha value is -0.790. The Bertz CT molecular complexity index is 243. The van der Waals surface area contributed by atoms with Crippen molar-refractivity contribution in [3.05, 3.63) is 0 Å². The Morgan fingerprint density at radius 1 is 1.40 bits per heavy atom. The summed E-state index contributed by atoms with van der Waals surface area (Å²) >= 11 is 0.803. The summed E-state index contributed by atoms with van der Waals surface area (Å²) in [4.78, 5) is 21.3. The van der Waals surface area contributed by atoms with E-state index in [1.165, 1.54) is 6.92 Å². The van der Waals surface area contributed by atoms with Crippen molar-refractivity contribution in [2.45, 2.75) is 24.2 Å². The molecular weight excluding hydrogens is 224 g/mol. The molecule has 0 spiro atoms. The highest BCUT2D eigenvalue weighted by atomic mass is 32.2. The van der Waals surface area contributed by atoms with Gasteiger partial charge in [-0.2, -0.15) is 0 Å². The smallest absolute Gasteiger partial charge is 0.320 e. The zero-order valence-electron chi connectivity index (χ0n) is 8.21. The lowest BCUT2D eigenvalue weighted by Crippen LogP contribution is -2.36. The number of aliphatic carboxylic acids is 2. The minimum atomic E-state index is -1.48. The van der Waals surface area contributed by atoms with Crippen molar-refractivity contribution in [2.24, 2.45) is 0 Å². The largest absolute Gasteiger partial charge is 0.481 e. The summed E-state index contributed by atoms with van der Waals surface area (Å²) in [5.74, 6) is -2.49. The molecule has 0 aliphatic rings. The predicted octanol–water partition coefficient (Wildman–Crippen LogP) is -0.609. The van der Waals surface area contributed by atoms with Crippen LogP contribution in [0.3, 0.4) is 0 Å². The molecule has 0 heterocycles. The van der Waals surface area contributed by atoms with Gasteiger partial charge in [-0.25, -0.2) is 0 Å². The zero-order valence-corrected chi connectivity index (χ0v) is 9.03. The monoisotopic (exact) mass is 238 g/mol. The van der Waals surface area contributed by atoms with Gasteiger partial charge in [0.1, 0.15) is 4.75 Å². The maximum absolute atomic E-state index is 10.8. The fraction of sp³-hybridized carbons (Fsp3) is 0.750. The molecular formula is C8H14O6S. The molecule has 2 unspecified atom stereocenters. The third-order valence-corrected chi connectivity index (χ3v) is 3.25. The van der Waals surface area contributed by atoms with Crippen LogP contribution < -0.4 is 0 Å². The molecule has 0 amide bonds. The van der Waals surface area contributed by atoms with Crippen LogP contribution in [0.25, 0.3) is 0 Å². The number of carboxylic acids is 2. The van der Waals surface area contributed by atoms with E-state index in [-0.39, 0.29) is 5.75 Å². The number of carbonyl (C=O) groups is 2. The van der Waals surface area contributed by atoms with Gasteiger partial charge in [-0.15, -0.1) is 11.8 Å². The number of hydrogen-bond acceptors (Lipinski definition) is 5. The van der Waals surface area contributed by atoms with Crippen LogP contribution in [-0.2, 0) is 9.59 Å². The van der Waals surface area contributed by atoms with Crippen molar-refractivity contribution in [1.29, 1.82) is 0 Å². The number of aliphatic hydroxyl groups excluding tert-OH is 2. The van der Waals surface area contributed by atoms with Crippen LogP contribution in [0, 0.1) is 0 Å². The molecule has 2 atom stereocenters.